The Morgan fingerprint density at radius 2 is 2.00 bits per heavy atom. The summed E-state index contributed by atoms with van der Waals surface area (Å²) in [4.78, 5) is 27.0. The van der Waals surface area contributed by atoms with Gasteiger partial charge in [0.1, 0.15) is 0 Å². The third-order valence-corrected chi connectivity index (χ3v) is 4.86. The number of carbonyl (C=O) groups is 2. The van der Waals surface area contributed by atoms with Gasteiger partial charge in [-0.05, 0) is 37.3 Å². The van der Waals surface area contributed by atoms with E-state index in [-0.39, 0.29) is 17.7 Å². The molecule has 2 amide bonds. The fraction of sp³-hybridized carbons (Fsp3) is 0.467. The minimum absolute atomic E-state index is 0.00653. The molecular formula is C15H19ClN2O2S. The van der Waals surface area contributed by atoms with Gasteiger partial charge < -0.3 is 10.2 Å². The molecule has 0 unspecified atom stereocenters. The summed E-state index contributed by atoms with van der Waals surface area (Å²) >= 11 is 7.73. The largest absolute Gasteiger partial charge is 0.359 e. The zero-order chi connectivity index (χ0) is 15.4. The Labute approximate surface area is 134 Å². The highest BCUT2D eigenvalue weighted by atomic mass is 35.5. The maximum absolute atomic E-state index is 12.6. The molecular weight excluding hydrogens is 308 g/mol. The normalized spacial score (nSPS) is 15.9. The molecule has 114 valence electrons. The fourth-order valence-corrected chi connectivity index (χ4v) is 3.15. The number of hydrogen-bond donors (Lipinski definition) is 1. The lowest BCUT2D eigenvalue weighted by Gasteiger charge is -2.31. The first-order valence-corrected chi connectivity index (χ1v) is 8.51. The van der Waals surface area contributed by atoms with Crippen molar-refractivity contribution in [3.63, 3.8) is 0 Å². The molecule has 1 N–H and O–H groups in total. The highest BCUT2D eigenvalue weighted by Gasteiger charge is 2.28. The van der Waals surface area contributed by atoms with Crippen LogP contribution in [0.1, 0.15) is 23.2 Å². The van der Waals surface area contributed by atoms with Crippen molar-refractivity contribution in [2.24, 2.45) is 5.92 Å². The number of nitrogens with zero attached hydrogens (tertiary/aromatic N) is 1. The molecule has 1 aliphatic rings. The lowest BCUT2D eigenvalue weighted by Crippen LogP contribution is -2.42. The second-order valence-electron chi connectivity index (χ2n) is 5.03. The number of halogens is 1. The summed E-state index contributed by atoms with van der Waals surface area (Å²) in [6, 6.07) is 5.50. The predicted octanol–water partition coefficient (Wildman–Crippen LogP) is 2.66. The van der Waals surface area contributed by atoms with Crippen molar-refractivity contribution >= 4 is 35.2 Å². The van der Waals surface area contributed by atoms with Crippen LogP contribution in [0.5, 0.6) is 0 Å². The first-order chi connectivity index (χ1) is 10.1. The third kappa shape index (κ3) is 3.71. The van der Waals surface area contributed by atoms with Crippen LogP contribution in [0.4, 0.5) is 0 Å². The van der Waals surface area contributed by atoms with Gasteiger partial charge in [-0.3, -0.25) is 9.59 Å². The third-order valence-electron chi connectivity index (χ3n) is 3.80. The molecule has 2 rings (SSSR count). The highest BCUT2D eigenvalue weighted by Crippen LogP contribution is 2.26. The molecule has 1 fully saturated rings. The number of carbonyl (C=O) groups excluding carboxylic acids is 2. The Morgan fingerprint density at radius 3 is 2.57 bits per heavy atom. The summed E-state index contributed by atoms with van der Waals surface area (Å²) in [6.45, 7) is 1.19. The van der Waals surface area contributed by atoms with Crippen LogP contribution in [0, 0.1) is 5.92 Å². The second-order valence-corrected chi connectivity index (χ2v) is 6.31. The van der Waals surface area contributed by atoms with Crippen molar-refractivity contribution in [1.82, 2.24) is 10.2 Å². The number of hydrogen-bond acceptors (Lipinski definition) is 3. The number of nitrogens with one attached hydrogen (secondary N) is 1. The van der Waals surface area contributed by atoms with E-state index in [1.54, 1.807) is 29.8 Å². The fourth-order valence-electron chi connectivity index (χ4n) is 2.51. The van der Waals surface area contributed by atoms with E-state index in [9.17, 15) is 9.59 Å². The Hall–Kier alpha value is -1.20. The Morgan fingerprint density at radius 1 is 1.33 bits per heavy atom. The summed E-state index contributed by atoms with van der Waals surface area (Å²) < 4.78 is 0. The number of piperidine rings is 1. The summed E-state index contributed by atoms with van der Waals surface area (Å²) in [7, 11) is 1.65. The monoisotopic (exact) mass is 326 g/mol. The molecule has 1 aliphatic heterocycles. The van der Waals surface area contributed by atoms with Gasteiger partial charge in [0.05, 0.1) is 10.6 Å². The second kappa shape index (κ2) is 7.18. The first kappa shape index (κ1) is 16.2. The van der Waals surface area contributed by atoms with Crippen molar-refractivity contribution < 1.29 is 9.59 Å². The molecule has 0 bridgehead atoms. The van der Waals surface area contributed by atoms with Crippen LogP contribution in [0.25, 0.3) is 0 Å². The van der Waals surface area contributed by atoms with E-state index in [0.29, 0.717) is 36.5 Å². The summed E-state index contributed by atoms with van der Waals surface area (Å²) in [5.41, 5.74) is 0.543. The zero-order valence-electron chi connectivity index (χ0n) is 12.2. The van der Waals surface area contributed by atoms with E-state index >= 15 is 0 Å². The van der Waals surface area contributed by atoms with E-state index in [1.807, 2.05) is 18.4 Å². The molecule has 0 aromatic heterocycles. The molecule has 6 heteroatoms. The van der Waals surface area contributed by atoms with Gasteiger partial charge in [0.25, 0.3) is 5.91 Å². The summed E-state index contributed by atoms with van der Waals surface area (Å²) in [5, 5.41) is 3.15. The molecule has 0 aliphatic carbocycles. The quantitative estimate of drug-likeness (QED) is 0.869. The number of benzene rings is 1. The topological polar surface area (TPSA) is 49.4 Å². The van der Waals surface area contributed by atoms with E-state index in [1.165, 1.54) is 0 Å². The number of thioether (sulfide) groups is 1. The van der Waals surface area contributed by atoms with Crippen LogP contribution in [-0.2, 0) is 4.79 Å². The van der Waals surface area contributed by atoms with Crippen molar-refractivity contribution in [3.05, 3.63) is 28.8 Å². The van der Waals surface area contributed by atoms with Crippen molar-refractivity contribution in [3.8, 4) is 0 Å². The van der Waals surface area contributed by atoms with Gasteiger partial charge in [-0.25, -0.2) is 0 Å². The maximum atomic E-state index is 12.6. The average Bonchev–Trinajstić information content (AvgIpc) is 2.54. The van der Waals surface area contributed by atoms with Crippen LogP contribution >= 0.6 is 23.4 Å². The van der Waals surface area contributed by atoms with Crippen LogP contribution in [0.2, 0.25) is 5.02 Å². The van der Waals surface area contributed by atoms with Gasteiger partial charge in [0.2, 0.25) is 5.91 Å². The molecule has 21 heavy (non-hydrogen) atoms. The average molecular weight is 327 g/mol. The number of likely N-dealkylation sites (tertiary alicyclic amines) is 1. The molecule has 1 aromatic carbocycles. The Kier molecular flexibility index (Phi) is 5.53. The highest BCUT2D eigenvalue weighted by molar-refractivity contribution is 7.98. The molecule has 1 saturated heterocycles. The Bertz CT molecular complexity index is 542. The zero-order valence-corrected chi connectivity index (χ0v) is 13.8. The van der Waals surface area contributed by atoms with Crippen LogP contribution in [0.15, 0.2) is 23.1 Å². The van der Waals surface area contributed by atoms with E-state index < -0.39 is 0 Å². The summed E-state index contributed by atoms with van der Waals surface area (Å²) in [5.74, 6) is 0.0165. The number of rotatable bonds is 3. The smallest absolute Gasteiger partial charge is 0.255 e. The number of amides is 2. The summed E-state index contributed by atoms with van der Waals surface area (Å²) in [6.07, 6.45) is 3.36. The van der Waals surface area contributed by atoms with Gasteiger partial charge in [0, 0.05) is 31.0 Å². The van der Waals surface area contributed by atoms with Crippen molar-refractivity contribution in [2.45, 2.75) is 17.7 Å². The van der Waals surface area contributed by atoms with Gasteiger partial charge in [0.15, 0.2) is 0 Å². The van der Waals surface area contributed by atoms with Crippen molar-refractivity contribution in [2.75, 3.05) is 26.4 Å². The van der Waals surface area contributed by atoms with Gasteiger partial charge >= 0.3 is 0 Å². The Balaban J connectivity index is 2.07. The molecule has 0 spiro atoms. The van der Waals surface area contributed by atoms with Crippen LogP contribution in [-0.4, -0.2) is 43.1 Å². The van der Waals surface area contributed by atoms with E-state index in [4.69, 9.17) is 11.6 Å². The van der Waals surface area contributed by atoms with Crippen molar-refractivity contribution in [1.29, 1.82) is 0 Å². The molecule has 0 radical (unpaired) electrons. The standard InChI is InChI=1S/C15H19ClN2O2S/c1-17-14(19)10-5-7-18(8-6-10)15(20)12-9-11(21-2)3-4-13(12)16/h3-4,9-10H,5-8H2,1-2H3,(H,17,19). The molecule has 1 aromatic rings. The van der Waals surface area contributed by atoms with Gasteiger partial charge in [-0.1, -0.05) is 11.6 Å². The van der Waals surface area contributed by atoms with E-state index in [2.05, 4.69) is 5.32 Å². The minimum atomic E-state index is -0.0498. The predicted molar refractivity (Wildman–Crippen MR) is 85.9 cm³/mol. The van der Waals surface area contributed by atoms with Gasteiger partial charge in [-0.2, -0.15) is 0 Å². The van der Waals surface area contributed by atoms with Crippen LogP contribution < -0.4 is 5.32 Å². The molecule has 0 atom stereocenters. The SMILES string of the molecule is CNC(=O)C1CCN(C(=O)c2cc(SC)ccc2Cl)CC1. The van der Waals surface area contributed by atoms with E-state index in [0.717, 1.165) is 4.90 Å². The lowest BCUT2D eigenvalue weighted by molar-refractivity contribution is -0.125. The molecule has 1 heterocycles. The van der Waals surface area contributed by atoms with Crippen LogP contribution in [0.3, 0.4) is 0 Å². The molecule has 0 saturated carbocycles. The molecule has 4 nitrogen and oxygen atoms in total. The van der Waals surface area contributed by atoms with Gasteiger partial charge in [-0.15, -0.1) is 11.8 Å². The lowest BCUT2D eigenvalue weighted by atomic mass is 9.95. The minimum Gasteiger partial charge on any atom is -0.359 e. The first-order valence-electron chi connectivity index (χ1n) is 6.91. The maximum Gasteiger partial charge on any atom is 0.255 e.